The fourth-order valence-corrected chi connectivity index (χ4v) is 0.640. The topological polar surface area (TPSA) is 195 Å². The Kier molecular flexibility index (Phi) is 52.7. The van der Waals surface area contributed by atoms with Gasteiger partial charge in [-0.2, -0.15) is 0 Å². The van der Waals surface area contributed by atoms with Crippen LogP contribution in [0.5, 0.6) is 0 Å². The van der Waals surface area contributed by atoms with Gasteiger partial charge in [-0.25, -0.2) is 0 Å². The molecule has 0 aromatic heterocycles. The summed E-state index contributed by atoms with van der Waals surface area (Å²) in [5, 5.41) is 3.93. The summed E-state index contributed by atoms with van der Waals surface area (Å²) in [4.78, 5) is 15.7. The molecule has 114 valence electrons. The molecule has 9 nitrogen and oxygen atoms in total. The van der Waals surface area contributed by atoms with Gasteiger partial charge in [0.25, 0.3) is 0 Å². The zero-order valence-corrected chi connectivity index (χ0v) is 11.2. The molecule has 0 aromatic rings. The van der Waals surface area contributed by atoms with Crippen molar-refractivity contribution in [3.63, 3.8) is 0 Å². The van der Waals surface area contributed by atoms with Crippen LogP contribution in [-0.4, -0.2) is 31.3 Å². The molecule has 0 bridgehead atoms. The Balaban J connectivity index is -0.0000000349. The third kappa shape index (κ3) is 21.7. The Labute approximate surface area is 131 Å². The Morgan fingerprint density at radius 3 is 2.00 bits per heavy atom. The molecule has 2 radical (unpaired) electrons. The number of hydrogen-bond acceptors (Lipinski definition) is 2. The van der Waals surface area contributed by atoms with Crippen molar-refractivity contribution < 1.29 is 56.0 Å². The number of rotatable bonds is 1. The summed E-state index contributed by atoms with van der Waals surface area (Å²) in [5.74, 6) is -0.394. The van der Waals surface area contributed by atoms with Gasteiger partial charge in [-0.3, -0.25) is 14.7 Å². The minimum Gasteiger partial charge on any atom is -0.693 e. The number of amides is 1. The van der Waals surface area contributed by atoms with E-state index in [-0.39, 0.29) is 63.5 Å². The van der Waals surface area contributed by atoms with E-state index in [4.69, 9.17) is 16.8 Å². The van der Waals surface area contributed by atoms with Crippen molar-refractivity contribution in [1.29, 1.82) is 0 Å². The van der Waals surface area contributed by atoms with Gasteiger partial charge in [0.2, 0.25) is 5.91 Å². The number of hydrogen-bond donors (Lipinski definition) is 1. The van der Waals surface area contributed by atoms with Gasteiger partial charge >= 0.3 is 17.1 Å². The molecule has 12 heteroatoms. The van der Waals surface area contributed by atoms with Crippen LogP contribution in [0.2, 0.25) is 0 Å². The van der Waals surface area contributed by atoms with Gasteiger partial charge in [0, 0.05) is 34.1 Å². The molecule has 1 heterocycles. The molecular weight excluding hydrogens is 379 g/mol. The van der Waals surface area contributed by atoms with E-state index in [1.807, 2.05) is 0 Å². The maximum absolute atomic E-state index is 10.4. The molecular formula is C5H12Cu3N8O-3. The van der Waals surface area contributed by atoms with E-state index in [1.54, 1.807) is 6.21 Å². The molecule has 17 heavy (non-hydrogen) atoms. The van der Waals surface area contributed by atoms with Gasteiger partial charge in [-0.15, -0.1) is 13.1 Å². The minimum atomic E-state index is -0.404. The van der Waals surface area contributed by atoms with Crippen molar-refractivity contribution in [2.75, 3.05) is 13.1 Å². The van der Waals surface area contributed by atoms with Gasteiger partial charge in [-0.1, -0.05) is 0 Å². The van der Waals surface area contributed by atoms with Crippen molar-refractivity contribution in [1.82, 2.24) is 0 Å². The van der Waals surface area contributed by atoms with Gasteiger partial charge in [0.05, 0.1) is 0 Å². The fourth-order valence-electron chi connectivity index (χ4n) is 0.640. The Morgan fingerprint density at radius 2 is 1.82 bits per heavy atom. The number of nitrogens with zero attached hydrogens (tertiary/aromatic N) is 5. The van der Waals surface area contributed by atoms with Crippen LogP contribution in [0, 0.1) is 0 Å². The summed E-state index contributed by atoms with van der Waals surface area (Å²) >= 11 is 0. The number of carbonyl (C=O) groups is 1. The standard InChI is InChI=1S/C5H8N3O.3Cu.N3.2H2N/c6-5(9)4-3-7-1-2-8-4;;;;1-3-2;;/h2,4H,1,3H2,(H2,6,9);;;;;2*1H2/q-1;;;+1;3*-1. The predicted octanol–water partition coefficient (Wildman–Crippen LogP) is 1.59. The number of carbonyl (C=O) groups excluding carboxylic acids is 1. The summed E-state index contributed by atoms with van der Waals surface area (Å²) in [6.07, 6.45) is 1.61. The first kappa shape index (κ1) is 36.0. The van der Waals surface area contributed by atoms with E-state index < -0.39 is 11.9 Å². The summed E-state index contributed by atoms with van der Waals surface area (Å²) < 4.78 is 0. The summed E-state index contributed by atoms with van der Waals surface area (Å²) in [6, 6.07) is -0.404. The average Bonchev–Trinajstić information content (AvgIpc) is 2.07. The van der Waals surface area contributed by atoms with E-state index in [0.29, 0.717) is 13.1 Å². The largest absolute Gasteiger partial charge is 1.00 e. The maximum Gasteiger partial charge on any atom is 1.00 e. The smallest absolute Gasteiger partial charge is 0.693 e. The summed E-state index contributed by atoms with van der Waals surface area (Å²) in [6.45, 7) is 1.07. The molecule has 0 saturated carbocycles. The van der Waals surface area contributed by atoms with Crippen LogP contribution >= 0.6 is 0 Å². The zero-order chi connectivity index (χ0) is 9.40. The molecule has 1 aliphatic rings. The van der Waals surface area contributed by atoms with E-state index in [9.17, 15) is 4.79 Å². The van der Waals surface area contributed by atoms with Crippen LogP contribution in [0.25, 0.3) is 33.6 Å². The van der Waals surface area contributed by atoms with Gasteiger partial charge in [-0.05, 0) is 6.21 Å². The molecule has 0 saturated heterocycles. The third-order valence-corrected chi connectivity index (χ3v) is 1.13. The maximum atomic E-state index is 10.4. The normalized spacial score (nSPS) is 14.2. The fraction of sp³-hybridized carbons (Fsp3) is 0.600. The molecule has 1 rings (SSSR count). The molecule has 1 aliphatic heterocycles. The number of aliphatic imine (C=N–C) groups is 1. The Morgan fingerprint density at radius 1 is 1.41 bits per heavy atom. The molecule has 1 amide bonds. The van der Waals surface area contributed by atoms with Crippen molar-refractivity contribution >= 4 is 12.1 Å². The van der Waals surface area contributed by atoms with E-state index in [0.717, 1.165) is 0 Å². The second-order valence-electron chi connectivity index (χ2n) is 1.93. The average molecular weight is 391 g/mol. The zero-order valence-electron chi connectivity index (χ0n) is 8.35. The second kappa shape index (κ2) is 24.9. The Hall–Kier alpha value is -0.112. The molecule has 0 aliphatic carbocycles. The van der Waals surface area contributed by atoms with Crippen molar-refractivity contribution in [3.05, 3.63) is 33.6 Å². The molecule has 1 unspecified atom stereocenters. The van der Waals surface area contributed by atoms with Crippen LogP contribution in [-0.2, 0) is 56.0 Å². The van der Waals surface area contributed by atoms with Gasteiger partial charge in [0.15, 0.2) is 0 Å². The van der Waals surface area contributed by atoms with Gasteiger partial charge in [0.1, 0.15) is 6.04 Å². The quantitative estimate of drug-likeness (QED) is 0.302. The first-order valence-corrected chi connectivity index (χ1v) is 3.15. The van der Waals surface area contributed by atoms with Crippen LogP contribution in [0.1, 0.15) is 0 Å². The van der Waals surface area contributed by atoms with Gasteiger partial charge < -0.3 is 34.4 Å². The van der Waals surface area contributed by atoms with E-state index in [2.05, 4.69) is 10.3 Å². The second-order valence-corrected chi connectivity index (χ2v) is 1.93. The number of primary amides is 1. The first-order valence-electron chi connectivity index (χ1n) is 3.15. The van der Waals surface area contributed by atoms with E-state index >= 15 is 0 Å². The molecule has 1 atom stereocenters. The molecule has 0 fully saturated rings. The van der Waals surface area contributed by atoms with Crippen molar-refractivity contribution in [2.24, 2.45) is 10.7 Å². The summed E-state index contributed by atoms with van der Waals surface area (Å²) in [7, 11) is 0. The minimum absolute atomic E-state index is 0. The molecule has 0 aromatic carbocycles. The SMILES string of the molecule is NC(=O)C1C[N-]CC=N1.[Cu+].[Cu].[Cu].[N-]=[N+]=[N-].[NH2-].[NH2-]. The predicted molar refractivity (Wildman–Crippen MR) is 55.2 cm³/mol. The Bertz CT molecular complexity index is 219. The van der Waals surface area contributed by atoms with Crippen LogP contribution in [0.4, 0.5) is 0 Å². The monoisotopic (exact) mass is 389 g/mol. The van der Waals surface area contributed by atoms with Crippen molar-refractivity contribution in [3.8, 4) is 0 Å². The molecule has 6 N–H and O–H groups in total. The van der Waals surface area contributed by atoms with Crippen LogP contribution < -0.4 is 5.73 Å². The van der Waals surface area contributed by atoms with E-state index in [1.165, 1.54) is 4.91 Å². The van der Waals surface area contributed by atoms with Crippen LogP contribution in [0.3, 0.4) is 0 Å². The van der Waals surface area contributed by atoms with Crippen LogP contribution in [0.15, 0.2) is 4.99 Å². The summed E-state index contributed by atoms with van der Waals surface area (Å²) in [5.41, 5.74) is 18.5. The third-order valence-electron chi connectivity index (χ3n) is 1.13. The van der Waals surface area contributed by atoms with Crippen molar-refractivity contribution in [2.45, 2.75) is 6.04 Å². The first-order chi connectivity index (χ1) is 5.72. The number of nitrogens with two attached hydrogens (primary N) is 3. The molecule has 0 spiro atoms.